The molecule has 0 amide bonds. The van der Waals surface area contributed by atoms with Gasteiger partial charge >= 0.3 is 0 Å². The lowest BCUT2D eigenvalue weighted by molar-refractivity contribution is -0.225. The standard InChI is InChI=1S/C32H66O4/c1-7-33-31(5,34-8-2)29-27-25-23-21-19-17-15-13-11-12-14-16-18-20-22-24-26-28-30-32(6,35-9-3)36-10-4/h7-30H2,1-6H3. The Bertz CT molecular complexity index is 388. The first-order valence-corrected chi connectivity index (χ1v) is 16.0. The van der Waals surface area contributed by atoms with Crippen molar-refractivity contribution in [1.29, 1.82) is 0 Å². The van der Waals surface area contributed by atoms with E-state index < -0.39 is 0 Å². The summed E-state index contributed by atoms with van der Waals surface area (Å²) in [5.74, 6) is -0.749. The van der Waals surface area contributed by atoms with Crippen molar-refractivity contribution in [1.82, 2.24) is 0 Å². The Balaban J connectivity index is 3.35. The highest BCUT2D eigenvalue weighted by molar-refractivity contribution is 4.64. The van der Waals surface area contributed by atoms with E-state index in [2.05, 4.69) is 13.8 Å². The van der Waals surface area contributed by atoms with Gasteiger partial charge in [0.1, 0.15) is 0 Å². The second-order valence-electron chi connectivity index (χ2n) is 10.9. The van der Waals surface area contributed by atoms with Gasteiger partial charge in [0.15, 0.2) is 11.6 Å². The number of hydrogen-bond donors (Lipinski definition) is 0. The molecule has 0 rings (SSSR count). The summed E-state index contributed by atoms with van der Waals surface area (Å²) >= 11 is 0. The average molecular weight is 515 g/mol. The summed E-state index contributed by atoms with van der Waals surface area (Å²) in [6.45, 7) is 15.3. The Hall–Kier alpha value is -0.160. The van der Waals surface area contributed by atoms with Crippen molar-refractivity contribution in [3.8, 4) is 0 Å². The second-order valence-corrected chi connectivity index (χ2v) is 10.9. The zero-order valence-electron chi connectivity index (χ0n) is 25.6. The van der Waals surface area contributed by atoms with E-state index in [1.165, 1.54) is 116 Å². The Morgan fingerprint density at radius 1 is 0.306 bits per heavy atom. The molecule has 0 aromatic heterocycles. The third kappa shape index (κ3) is 21.9. The monoisotopic (exact) mass is 514 g/mol. The summed E-state index contributed by atoms with van der Waals surface area (Å²) in [6.07, 6.45) is 26.8. The van der Waals surface area contributed by atoms with Crippen LogP contribution in [0.15, 0.2) is 0 Å². The molecular formula is C32H66O4. The van der Waals surface area contributed by atoms with Gasteiger partial charge in [0, 0.05) is 39.3 Å². The number of rotatable bonds is 29. The molecule has 0 bridgehead atoms. The predicted octanol–water partition coefficient (Wildman–Crippen LogP) is 10.4. The fourth-order valence-electron chi connectivity index (χ4n) is 5.31. The maximum Gasteiger partial charge on any atom is 0.165 e. The summed E-state index contributed by atoms with van der Waals surface area (Å²) < 4.78 is 23.2. The SMILES string of the molecule is CCOC(C)(CCCCCCCCCCCCCCCCCCCCC(C)(OCC)OCC)OCC. The smallest absolute Gasteiger partial charge is 0.165 e. The van der Waals surface area contributed by atoms with Crippen molar-refractivity contribution in [2.75, 3.05) is 26.4 Å². The van der Waals surface area contributed by atoms with E-state index >= 15 is 0 Å². The fraction of sp³-hybridized carbons (Fsp3) is 1.00. The molecule has 0 aromatic rings. The first kappa shape index (κ1) is 35.8. The summed E-state index contributed by atoms with van der Waals surface area (Å²) in [4.78, 5) is 0. The van der Waals surface area contributed by atoms with E-state index in [-0.39, 0.29) is 11.6 Å². The first-order chi connectivity index (χ1) is 17.4. The highest BCUT2D eigenvalue weighted by Gasteiger charge is 2.24. The number of ether oxygens (including phenoxy) is 4. The molecule has 0 spiro atoms. The van der Waals surface area contributed by atoms with Gasteiger partial charge in [-0.1, -0.05) is 103 Å². The molecule has 0 N–H and O–H groups in total. The minimum absolute atomic E-state index is 0.375. The summed E-state index contributed by atoms with van der Waals surface area (Å²) in [5.41, 5.74) is 0. The highest BCUT2D eigenvalue weighted by Crippen LogP contribution is 2.23. The number of unbranched alkanes of at least 4 members (excludes halogenated alkanes) is 17. The molecule has 4 nitrogen and oxygen atoms in total. The molecule has 0 aliphatic carbocycles. The van der Waals surface area contributed by atoms with Crippen LogP contribution < -0.4 is 0 Å². The second kappa shape index (κ2) is 25.1. The quantitative estimate of drug-likeness (QED) is 0.0734. The van der Waals surface area contributed by atoms with Crippen molar-refractivity contribution >= 4 is 0 Å². The summed E-state index contributed by atoms with van der Waals surface area (Å²) in [5, 5.41) is 0. The topological polar surface area (TPSA) is 36.9 Å². The fourth-order valence-corrected chi connectivity index (χ4v) is 5.31. The van der Waals surface area contributed by atoms with Crippen LogP contribution in [0.3, 0.4) is 0 Å². The summed E-state index contributed by atoms with van der Waals surface area (Å²) in [7, 11) is 0. The number of hydrogen-bond acceptors (Lipinski definition) is 4. The maximum absolute atomic E-state index is 5.80. The van der Waals surface area contributed by atoms with E-state index in [0.717, 1.165) is 39.3 Å². The van der Waals surface area contributed by atoms with Gasteiger partial charge in [0.25, 0.3) is 0 Å². The van der Waals surface area contributed by atoms with E-state index in [9.17, 15) is 0 Å². The lowest BCUT2D eigenvalue weighted by Gasteiger charge is -2.29. The molecule has 0 aliphatic heterocycles. The highest BCUT2D eigenvalue weighted by atomic mass is 16.7. The van der Waals surface area contributed by atoms with Crippen LogP contribution in [0, 0.1) is 0 Å². The normalized spacial score (nSPS) is 12.5. The molecule has 0 saturated carbocycles. The largest absolute Gasteiger partial charge is 0.351 e. The van der Waals surface area contributed by atoms with E-state index in [0.29, 0.717) is 0 Å². The van der Waals surface area contributed by atoms with Gasteiger partial charge in [-0.3, -0.25) is 0 Å². The van der Waals surface area contributed by atoms with Crippen molar-refractivity contribution in [3.05, 3.63) is 0 Å². The van der Waals surface area contributed by atoms with Gasteiger partial charge < -0.3 is 18.9 Å². The van der Waals surface area contributed by atoms with Gasteiger partial charge in [-0.05, 0) is 54.4 Å². The Kier molecular flexibility index (Phi) is 25.0. The van der Waals surface area contributed by atoms with Crippen molar-refractivity contribution < 1.29 is 18.9 Å². The van der Waals surface area contributed by atoms with Crippen LogP contribution in [0.4, 0.5) is 0 Å². The molecular weight excluding hydrogens is 448 g/mol. The Labute approximate surface area is 227 Å². The van der Waals surface area contributed by atoms with Crippen molar-refractivity contribution in [3.63, 3.8) is 0 Å². The zero-order valence-corrected chi connectivity index (χ0v) is 25.6. The average Bonchev–Trinajstić information content (AvgIpc) is 2.83. The molecule has 0 saturated heterocycles. The van der Waals surface area contributed by atoms with Gasteiger partial charge in [0.05, 0.1) is 0 Å². The molecule has 0 heterocycles. The summed E-state index contributed by atoms with van der Waals surface area (Å²) in [6, 6.07) is 0. The molecule has 218 valence electrons. The van der Waals surface area contributed by atoms with Gasteiger partial charge in [0.2, 0.25) is 0 Å². The third-order valence-corrected chi connectivity index (χ3v) is 7.31. The van der Waals surface area contributed by atoms with Crippen LogP contribution in [0.2, 0.25) is 0 Å². The molecule has 0 atom stereocenters. The Morgan fingerprint density at radius 2 is 0.472 bits per heavy atom. The molecule has 36 heavy (non-hydrogen) atoms. The molecule has 4 heteroatoms. The maximum atomic E-state index is 5.80. The lowest BCUT2D eigenvalue weighted by atomic mass is 10.0. The predicted molar refractivity (Wildman–Crippen MR) is 156 cm³/mol. The van der Waals surface area contributed by atoms with Crippen LogP contribution in [0.5, 0.6) is 0 Å². The molecule has 0 fully saturated rings. The third-order valence-electron chi connectivity index (χ3n) is 7.31. The van der Waals surface area contributed by atoms with Crippen LogP contribution in [0.1, 0.15) is 170 Å². The van der Waals surface area contributed by atoms with E-state index in [1.807, 2.05) is 27.7 Å². The minimum atomic E-state index is -0.375. The van der Waals surface area contributed by atoms with E-state index in [4.69, 9.17) is 18.9 Å². The van der Waals surface area contributed by atoms with Crippen LogP contribution in [-0.4, -0.2) is 38.0 Å². The van der Waals surface area contributed by atoms with Crippen molar-refractivity contribution in [2.24, 2.45) is 0 Å². The molecule has 0 aromatic carbocycles. The van der Waals surface area contributed by atoms with Gasteiger partial charge in [-0.2, -0.15) is 0 Å². The zero-order chi connectivity index (χ0) is 26.8. The van der Waals surface area contributed by atoms with E-state index in [1.54, 1.807) is 0 Å². The minimum Gasteiger partial charge on any atom is -0.351 e. The first-order valence-electron chi connectivity index (χ1n) is 16.0. The van der Waals surface area contributed by atoms with Crippen LogP contribution in [0.25, 0.3) is 0 Å². The van der Waals surface area contributed by atoms with Crippen LogP contribution >= 0.6 is 0 Å². The molecule has 0 radical (unpaired) electrons. The molecule has 0 aliphatic rings. The van der Waals surface area contributed by atoms with Crippen LogP contribution in [-0.2, 0) is 18.9 Å². The lowest BCUT2D eigenvalue weighted by Crippen LogP contribution is -2.32. The van der Waals surface area contributed by atoms with Gasteiger partial charge in [-0.25, -0.2) is 0 Å². The Morgan fingerprint density at radius 3 is 0.639 bits per heavy atom. The van der Waals surface area contributed by atoms with Crippen molar-refractivity contribution in [2.45, 2.75) is 182 Å². The molecule has 0 unspecified atom stereocenters. The van der Waals surface area contributed by atoms with Gasteiger partial charge in [-0.15, -0.1) is 0 Å².